The summed E-state index contributed by atoms with van der Waals surface area (Å²) in [6, 6.07) is 7.33. The zero-order valence-corrected chi connectivity index (χ0v) is 9.84. The van der Waals surface area contributed by atoms with Crippen molar-refractivity contribution in [2.24, 2.45) is 0 Å². The Bertz CT molecular complexity index is 592. The highest BCUT2D eigenvalue weighted by Gasteiger charge is 2.30. The number of nitrogen functional groups attached to an aromatic ring is 1. The first-order valence-corrected chi connectivity index (χ1v) is 5.95. The average Bonchev–Trinajstić information content (AvgIpc) is 2.82. The molecule has 0 saturated carbocycles. The highest BCUT2D eigenvalue weighted by atomic mass is 16.1. The van der Waals surface area contributed by atoms with Crippen molar-refractivity contribution in [2.75, 3.05) is 5.73 Å². The van der Waals surface area contributed by atoms with Crippen molar-refractivity contribution in [3.63, 3.8) is 0 Å². The summed E-state index contributed by atoms with van der Waals surface area (Å²) in [5.41, 5.74) is 8.68. The molecule has 2 aromatic heterocycles. The van der Waals surface area contributed by atoms with Gasteiger partial charge in [-0.1, -0.05) is 6.07 Å². The van der Waals surface area contributed by atoms with Crippen LogP contribution in [0.15, 0.2) is 36.7 Å². The maximum absolute atomic E-state index is 12.4. The van der Waals surface area contributed by atoms with Gasteiger partial charge in [0.1, 0.15) is 5.69 Å². The van der Waals surface area contributed by atoms with Gasteiger partial charge in [0.05, 0.1) is 23.5 Å². The molecule has 1 atom stereocenters. The van der Waals surface area contributed by atoms with E-state index in [1.165, 1.54) is 11.8 Å². The molecule has 0 bridgehead atoms. The SMILES string of the molecule is Nc1ccc(C(=O)C2CCc3cccnc32)nc1. The number of carbonyl (C=O) groups excluding carboxylic acids is 1. The lowest BCUT2D eigenvalue weighted by Gasteiger charge is -2.08. The molecule has 0 fully saturated rings. The van der Waals surface area contributed by atoms with Gasteiger partial charge in [-0.25, -0.2) is 0 Å². The summed E-state index contributed by atoms with van der Waals surface area (Å²) in [6.45, 7) is 0. The van der Waals surface area contributed by atoms with Crippen molar-refractivity contribution in [2.45, 2.75) is 18.8 Å². The largest absolute Gasteiger partial charge is 0.397 e. The summed E-state index contributed by atoms with van der Waals surface area (Å²) >= 11 is 0. The van der Waals surface area contributed by atoms with Crippen molar-refractivity contribution < 1.29 is 4.79 Å². The minimum atomic E-state index is -0.155. The zero-order chi connectivity index (χ0) is 12.5. The zero-order valence-electron chi connectivity index (χ0n) is 9.84. The molecule has 0 amide bonds. The second-order valence-electron chi connectivity index (χ2n) is 4.48. The van der Waals surface area contributed by atoms with Crippen molar-refractivity contribution in [3.05, 3.63) is 53.6 Å². The molecule has 0 aliphatic heterocycles. The van der Waals surface area contributed by atoms with Gasteiger partial charge in [-0.3, -0.25) is 14.8 Å². The maximum atomic E-state index is 12.4. The number of nitrogens with two attached hydrogens (primary N) is 1. The lowest BCUT2D eigenvalue weighted by molar-refractivity contribution is 0.0953. The minimum absolute atomic E-state index is 0.0347. The quantitative estimate of drug-likeness (QED) is 0.813. The number of nitrogens with zero attached hydrogens (tertiary/aromatic N) is 2. The Labute approximate surface area is 105 Å². The Hall–Kier alpha value is -2.23. The van der Waals surface area contributed by atoms with Crippen LogP contribution in [0.4, 0.5) is 5.69 Å². The van der Waals surface area contributed by atoms with E-state index in [1.807, 2.05) is 12.1 Å². The topological polar surface area (TPSA) is 68.9 Å². The summed E-state index contributed by atoms with van der Waals surface area (Å²) in [6.07, 6.45) is 4.98. The normalized spacial score (nSPS) is 17.4. The van der Waals surface area contributed by atoms with E-state index >= 15 is 0 Å². The summed E-state index contributed by atoms with van der Waals surface area (Å²) in [5.74, 6) is -0.121. The number of pyridine rings is 2. The molecule has 18 heavy (non-hydrogen) atoms. The number of hydrogen-bond donors (Lipinski definition) is 1. The summed E-state index contributed by atoms with van der Waals surface area (Å²) in [7, 11) is 0. The predicted octanol–water partition coefficient (Wildman–Crippen LogP) is 1.97. The molecule has 2 aromatic rings. The summed E-state index contributed by atoms with van der Waals surface area (Å²) < 4.78 is 0. The first-order chi connectivity index (χ1) is 8.75. The predicted molar refractivity (Wildman–Crippen MR) is 68.3 cm³/mol. The molecule has 0 spiro atoms. The Balaban J connectivity index is 1.93. The van der Waals surface area contributed by atoms with Gasteiger partial charge in [-0.05, 0) is 36.6 Å². The van der Waals surface area contributed by atoms with Gasteiger partial charge >= 0.3 is 0 Å². The van der Waals surface area contributed by atoms with Crippen LogP contribution in [0.3, 0.4) is 0 Å². The van der Waals surface area contributed by atoms with Crippen LogP contribution >= 0.6 is 0 Å². The van der Waals surface area contributed by atoms with Crippen molar-refractivity contribution in [3.8, 4) is 0 Å². The highest BCUT2D eigenvalue weighted by Crippen LogP contribution is 2.33. The number of carbonyl (C=O) groups is 1. The first-order valence-electron chi connectivity index (χ1n) is 5.95. The molecule has 2 N–H and O–H groups in total. The van der Waals surface area contributed by atoms with Crippen LogP contribution < -0.4 is 5.73 Å². The van der Waals surface area contributed by atoms with Crippen LogP contribution in [0, 0.1) is 0 Å². The Morgan fingerprint density at radius 1 is 1.28 bits per heavy atom. The van der Waals surface area contributed by atoms with Gasteiger partial charge in [-0.2, -0.15) is 0 Å². The third-order valence-electron chi connectivity index (χ3n) is 3.31. The van der Waals surface area contributed by atoms with Gasteiger partial charge in [0.2, 0.25) is 0 Å². The van der Waals surface area contributed by atoms with Gasteiger partial charge in [-0.15, -0.1) is 0 Å². The second kappa shape index (κ2) is 4.22. The van der Waals surface area contributed by atoms with E-state index < -0.39 is 0 Å². The van der Waals surface area contributed by atoms with E-state index in [1.54, 1.807) is 18.3 Å². The van der Waals surface area contributed by atoms with Crippen molar-refractivity contribution in [1.29, 1.82) is 0 Å². The molecular formula is C14H13N3O. The van der Waals surface area contributed by atoms with E-state index in [-0.39, 0.29) is 11.7 Å². The van der Waals surface area contributed by atoms with Crippen LogP contribution in [0.25, 0.3) is 0 Å². The standard InChI is InChI=1S/C14H13N3O/c15-10-4-6-12(17-8-10)14(18)11-5-3-9-2-1-7-16-13(9)11/h1-2,4,6-8,11H,3,5,15H2. The molecule has 1 aliphatic carbocycles. The number of fused-ring (bicyclic) bond motifs is 1. The van der Waals surface area contributed by atoms with Crippen LogP contribution in [-0.4, -0.2) is 15.8 Å². The van der Waals surface area contributed by atoms with Gasteiger partial charge < -0.3 is 5.73 Å². The smallest absolute Gasteiger partial charge is 0.190 e. The summed E-state index contributed by atoms with van der Waals surface area (Å²) in [5, 5.41) is 0. The molecule has 3 rings (SSSR count). The molecule has 0 radical (unpaired) electrons. The van der Waals surface area contributed by atoms with Crippen LogP contribution in [0.5, 0.6) is 0 Å². The number of ketones is 1. The fourth-order valence-corrected chi connectivity index (χ4v) is 2.40. The fourth-order valence-electron chi connectivity index (χ4n) is 2.40. The Kier molecular flexibility index (Phi) is 2.55. The lowest BCUT2D eigenvalue weighted by atomic mass is 9.98. The molecule has 4 heteroatoms. The molecule has 2 heterocycles. The third-order valence-corrected chi connectivity index (χ3v) is 3.31. The lowest BCUT2D eigenvalue weighted by Crippen LogP contribution is -2.13. The maximum Gasteiger partial charge on any atom is 0.190 e. The van der Waals surface area contributed by atoms with Crippen molar-refractivity contribution >= 4 is 11.5 Å². The Morgan fingerprint density at radius 3 is 2.94 bits per heavy atom. The van der Waals surface area contributed by atoms with Gasteiger partial charge in [0, 0.05) is 6.20 Å². The molecule has 1 unspecified atom stereocenters. The number of rotatable bonds is 2. The number of anilines is 1. The number of Topliss-reactive ketones (excluding diaryl/α,β-unsaturated/α-hetero) is 1. The summed E-state index contributed by atoms with van der Waals surface area (Å²) in [4.78, 5) is 20.8. The molecule has 4 nitrogen and oxygen atoms in total. The minimum Gasteiger partial charge on any atom is -0.397 e. The van der Waals surface area contributed by atoms with Crippen LogP contribution in [0.2, 0.25) is 0 Å². The van der Waals surface area contributed by atoms with E-state index in [2.05, 4.69) is 9.97 Å². The monoisotopic (exact) mass is 239 g/mol. The molecular weight excluding hydrogens is 226 g/mol. The fraction of sp³-hybridized carbons (Fsp3) is 0.214. The Morgan fingerprint density at radius 2 is 2.17 bits per heavy atom. The van der Waals surface area contributed by atoms with Gasteiger partial charge in [0.25, 0.3) is 0 Å². The van der Waals surface area contributed by atoms with Crippen LogP contribution in [-0.2, 0) is 6.42 Å². The van der Waals surface area contributed by atoms with Gasteiger partial charge in [0.15, 0.2) is 5.78 Å². The highest BCUT2D eigenvalue weighted by molar-refractivity contribution is 5.99. The van der Waals surface area contributed by atoms with E-state index in [0.717, 1.165) is 18.5 Å². The van der Waals surface area contributed by atoms with E-state index in [9.17, 15) is 4.79 Å². The molecule has 1 aliphatic rings. The third kappa shape index (κ3) is 1.76. The van der Waals surface area contributed by atoms with E-state index in [0.29, 0.717) is 11.4 Å². The number of hydrogen-bond acceptors (Lipinski definition) is 4. The van der Waals surface area contributed by atoms with Crippen LogP contribution in [0.1, 0.15) is 34.1 Å². The van der Waals surface area contributed by atoms with Crippen molar-refractivity contribution in [1.82, 2.24) is 9.97 Å². The molecule has 90 valence electrons. The molecule has 0 aromatic carbocycles. The number of aryl methyl sites for hydroxylation is 1. The second-order valence-corrected chi connectivity index (χ2v) is 4.48. The first kappa shape index (κ1) is 10.9. The molecule has 0 saturated heterocycles. The average molecular weight is 239 g/mol. The van der Waals surface area contributed by atoms with E-state index in [4.69, 9.17) is 5.73 Å². The number of aromatic nitrogens is 2.